The monoisotopic (exact) mass is 398 g/mol. The van der Waals surface area contributed by atoms with Crippen LogP contribution in [0.1, 0.15) is 11.1 Å². The predicted octanol–water partition coefficient (Wildman–Crippen LogP) is 0.236. The highest BCUT2D eigenvalue weighted by atomic mass is 32.2. The molecule has 10 nitrogen and oxygen atoms in total. The summed E-state index contributed by atoms with van der Waals surface area (Å²) >= 11 is 0. The summed E-state index contributed by atoms with van der Waals surface area (Å²) in [5, 5.41) is 0. The number of hydrazine groups is 2. The van der Waals surface area contributed by atoms with Gasteiger partial charge in [-0.1, -0.05) is 24.3 Å². The molecule has 0 fully saturated rings. The summed E-state index contributed by atoms with van der Waals surface area (Å²) < 4.78 is 68.5. The van der Waals surface area contributed by atoms with E-state index >= 15 is 0 Å². The molecular weight excluding hydrogens is 384 g/mol. The van der Waals surface area contributed by atoms with E-state index < -0.39 is 30.0 Å². The molecule has 0 atom stereocenters. The maximum absolute atomic E-state index is 11.4. The molecule has 2 aromatic carbocycles. The number of hydrogen-bond acceptors (Lipinski definition) is 10. The fourth-order valence-corrected chi connectivity index (χ4v) is 3.53. The van der Waals surface area contributed by atoms with Gasteiger partial charge in [-0.3, -0.25) is 11.7 Å². The molecule has 0 aliphatic carbocycles. The van der Waals surface area contributed by atoms with Gasteiger partial charge >= 0.3 is 0 Å². The zero-order chi connectivity index (χ0) is 19.5. The Kier molecular flexibility index (Phi) is 5.65. The highest BCUT2D eigenvalue weighted by Crippen LogP contribution is 2.25. The molecule has 12 heteroatoms. The Bertz CT molecular complexity index is 979. The van der Waals surface area contributed by atoms with Crippen LogP contribution >= 0.6 is 0 Å². The van der Waals surface area contributed by atoms with Crippen LogP contribution in [-0.2, 0) is 20.2 Å². The third kappa shape index (κ3) is 4.57. The molecule has 0 aliphatic rings. The van der Waals surface area contributed by atoms with Crippen LogP contribution in [0.15, 0.2) is 46.2 Å². The summed E-state index contributed by atoms with van der Waals surface area (Å²) in [6.07, 6.45) is 2.40. The molecule has 2 rings (SSSR count). The van der Waals surface area contributed by atoms with Crippen LogP contribution < -0.4 is 22.5 Å². The van der Waals surface area contributed by atoms with E-state index in [0.717, 1.165) is 12.1 Å². The normalized spacial score (nSPS) is 12.3. The second-order valence-corrected chi connectivity index (χ2v) is 7.73. The van der Waals surface area contributed by atoms with Crippen molar-refractivity contribution in [2.45, 2.75) is 9.79 Å². The van der Waals surface area contributed by atoms with Crippen LogP contribution in [0.4, 0.5) is 11.4 Å². The summed E-state index contributed by atoms with van der Waals surface area (Å²) in [4.78, 5) is -1.12. The molecule has 0 unspecified atom stereocenters. The molecule has 2 aromatic rings. The van der Waals surface area contributed by atoms with E-state index in [0.29, 0.717) is 0 Å². The Morgan fingerprint density at radius 1 is 0.731 bits per heavy atom. The Hall–Kier alpha value is -2.48. The van der Waals surface area contributed by atoms with Crippen LogP contribution in [0.3, 0.4) is 0 Å². The van der Waals surface area contributed by atoms with Gasteiger partial charge in [0.1, 0.15) is 20.2 Å². The lowest BCUT2D eigenvalue weighted by Crippen LogP contribution is -2.09. The summed E-state index contributed by atoms with van der Waals surface area (Å²) in [5.41, 5.74) is 4.80. The largest absolute Gasteiger partial charge is 0.744 e. The Morgan fingerprint density at radius 2 is 1.08 bits per heavy atom. The van der Waals surface area contributed by atoms with Gasteiger partial charge in [0.2, 0.25) is 0 Å². The highest BCUT2D eigenvalue weighted by molar-refractivity contribution is 7.86. The van der Waals surface area contributed by atoms with Crippen LogP contribution in [0, 0.1) is 0 Å². The van der Waals surface area contributed by atoms with Crippen molar-refractivity contribution in [2.24, 2.45) is 11.7 Å². The second-order valence-electron chi connectivity index (χ2n) is 5.04. The topological polar surface area (TPSA) is 190 Å². The summed E-state index contributed by atoms with van der Waals surface area (Å²) in [6.45, 7) is 0. The quantitative estimate of drug-likeness (QED) is 0.227. The van der Waals surface area contributed by atoms with Crippen molar-refractivity contribution in [3.63, 3.8) is 0 Å². The van der Waals surface area contributed by atoms with E-state index in [1.165, 1.54) is 36.4 Å². The second kappa shape index (κ2) is 7.41. The fraction of sp³-hybridized carbons (Fsp3) is 0. The van der Waals surface area contributed by atoms with Gasteiger partial charge in [-0.15, -0.1) is 0 Å². The van der Waals surface area contributed by atoms with Crippen LogP contribution in [0.2, 0.25) is 0 Å². The van der Waals surface area contributed by atoms with E-state index in [1.54, 1.807) is 0 Å². The SMILES string of the molecule is NNc1ccc(/C=C\c2ccc(NN)cc2S(=O)(=O)[O-])c(S(=O)(=O)[O-])c1. The van der Waals surface area contributed by atoms with E-state index in [1.807, 2.05) is 0 Å². The molecule has 0 aromatic heterocycles. The van der Waals surface area contributed by atoms with Crippen molar-refractivity contribution in [2.75, 3.05) is 10.9 Å². The number of benzene rings is 2. The molecule has 0 saturated carbocycles. The average molecular weight is 398 g/mol. The lowest BCUT2D eigenvalue weighted by atomic mass is 10.1. The molecule has 0 heterocycles. The molecule has 0 saturated heterocycles. The van der Waals surface area contributed by atoms with Gasteiger partial charge in [0.25, 0.3) is 0 Å². The van der Waals surface area contributed by atoms with Crippen molar-refractivity contribution in [1.29, 1.82) is 0 Å². The number of anilines is 2. The minimum absolute atomic E-state index is 0.00530. The highest BCUT2D eigenvalue weighted by Gasteiger charge is 2.11. The minimum Gasteiger partial charge on any atom is -0.744 e. The van der Waals surface area contributed by atoms with E-state index in [-0.39, 0.29) is 22.5 Å². The van der Waals surface area contributed by atoms with Crippen LogP contribution in [0.5, 0.6) is 0 Å². The smallest absolute Gasteiger partial charge is 0.125 e. The Labute approximate surface area is 150 Å². The van der Waals surface area contributed by atoms with Gasteiger partial charge in [-0.25, -0.2) is 16.8 Å². The molecule has 0 spiro atoms. The maximum atomic E-state index is 11.4. The molecule has 6 N–H and O–H groups in total. The number of nitrogens with one attached hydrogen (secondary N) is 2. The summed E-state index contributed by atoms with van der Waals surface area (Å²) in [7, 11) is -9.65. The van der Waals surface area contributed by atoms with Crippen molar-refractivity contribution in [1.82, 2.24) is 0 Å². The van der Waals surface area contributed by atoms with Crippen molar-refractivity contribution >= 4 is 43.8 Å². The predicted molar refractivity (Wildman–Crippen MR) is 93.4 cm³/mol. The maximum Gasteiger partial charge on any atom is 0.125 e. The third-order valence-corrected chi connectivity index (χ3v) is 5.13. The molecule has 0 amide bonds. The zero-order valence-electron chi connectivity index (χ0n) is 13.0. The standard InChI is InChI=1S/C14H16N4O6S2/c15-17-11-5-3-9(13(7-11)25(19,20)21)1-2-10-4-6-12(18-16)8-14(10)26(22,23)24/h1-8,17-18H,15-16H2,(H,19,20,21)(H,22,23,24)/p-2/b2-1-. The lowest BCUT2D eigenvalue weighted by Gasteiger charge is -2.14. The number of nitrogen functional groups attached to an aromatic ring is 2. The molecule has 140 valence electrons. The first-order chi connectivity index (χ1) is 12.1. The van der Waals surface area contributed by atoms with Crippen molar-refractivity contribution in [3.8, 4) is 0 Å². The van der Waals surface area contributed by atoms with Crippen molar-refractivity contribution < 1.29 is 25.9 Å². The van der Waals surface area contributed by atoms with E-state index in [9.17, 15) is 25.9 Å². The molecular formula is C14H14N4O6S2-2. The summed E-state index contributed by atoms with van der Waals surface area (Å²) in [6, 6.07) is 7.51. The minimum atomic E-state index is -4.82. The third-order valence-electron chi connectivity index (χ3n) is 3.34. The molecule has 0 radical (unpaired) electrons. The van der Waals surface area contributed by atoms with Gasteiger partial charge in [0, 0.05) is 11.4 Å². The Balaban J connectivity index is 2.58. The first kappa shape index (κ1) is 19.8. The van der Waals surface area contributed by atoms with E-state index in [4.69, 9.17) is 11.7 Å². The first-order valence-corrected chi connectivity index (χ1v) is 9.69. The summed E-state index contributed by atoms with van der Waals surface area (Å²) in [5.74, 6) is 10.4. The first-order valence-electron chi connectivity index (χ1n) is 6.87. The van der Waals surface area contributed by atoms with Crippen LogP contribution in [0.25, 0.3) is 12.2 Å². The number of rotatable bonds is 6. The number of nitrogens with two attached hydrogens (primary N) is 2. The van der Waals surface area contributed by atoms with Gasteiger partial charge in [0.15, 0.2) is 0 Å². The average Bonchev–Trinajstić information content (AvgIpc) is 2.58. The van der Waals surface area contributed by atoms with Gasteiger partial charge in [-0.05, 0) is 35.4 Å². The van der Waals surface area contributed by atoms with Crippen LogP contribution in [-0.4, -0.2) is 25.9 Å². The fourth-order valence-electron chi connectivity index (χ4n) is 2.14. The van der Waals surface area contributed by atoms with Crippen molar-refractivity contribution in [3.05, 3.63) is 47.5 Å². The zero-order valence-corrected chi connectivity index (χ0v) is 14.7. The van der Waals surface area contributed by atoms with Gasteiger partial charge < -0.3 is 20.0 Å². The van der Waals surface area contributed by atoms with Gasteiger partial charge in [-0.2, -0.15) is 0 Å². The van der Waals surface area contributed by atoms with E-state index in [2.05, 4.69) is 10.9 Å². The molecule has 0 bridgehead atoms. The number of hydrogen-bond donors (Lipinski definition) is 4. The van der Waals surface area contributed by atoms with Gasteiger partial charge in [0.05, 0.1) is 9.79 Å². The Morgan fingerprint density at radius 3 is 1.35 bits per heavy atom. The molecule has 26 heavy (non-hydrogen) atoms. The lowest BCUT2D eigenvalue weighted by molar-refractivity contribution is 0.460. The molecule has 0 aliphatic heterocycles.